The lowest BCUT2D eigenvalue weighted by Gasteiger charge is -2.27. The van der Waals surface area contributed by atoms with E-state index < -0.39 is 10.0 Å². The molecule has 0 N–H and O–H groups in total. The zero-order valence-electron chi connectivity index (χ0n) is 11.7. The van der Waals surface area contributed by atoms with Crippen LogP contribution in [0.2, 0.25) is 0 Å². The van der Waals surface area contributed by atoms with Crippen LogP contribution in [0.5, 0.6) is 0 Å². The van der Waals surface area contributed by atoms with Crippen LogP contribution < -0.4 is 0 Å². The van der Waals surface area contributed by atoms with Crippen LogP contribution in [-0.2, 0) is 27.6 Å². The highest BCUT2D eigenvalue weighted by Crippen LogP contribution is 2.36. The van der Waals surface area contributed by atoms with Gasteiger partial charge in [-0.15, -0.1) is 0 Å². The third-order valence-electron chi connectivity index (χ3n) is 4.43. The Morgan fingerprint density at radius 1 is 1.00 bits per heavy atom. The van der Waals surface area contributed by atoms with Crippen molar-refractivity contribution in [2.45, 2.75) is 17.7 Å². The summed E-state index contributed by atoms with van der Waals surface area (Å²) >= 11 is 0. The number of ether oxygens (including phenoxy) is 1. The summed E-state index contributed by atoms with van der Waals surface area (Å²) in [7, 11) is -3.41. The largest absolute Gasteiger partial charge is 0.379 e. The normalized spacial score (nSPS) is 19.2. The molecule has 1 aliphatic heterocycles. The first-order valence-electron chi connectivity index (χ1n) is 7.29. The number of morpholine rings is 1. The molecule has 0 bridgehead atoms. The molecule has 0 unspecified atom stereocenters. The van der Waals surface area contributed by atoms with E-state index in [9.17, 15) is 8.42 Å². The molecule has 2 aromatic rings. The van der Waals surface area contributed by atoms with E-state index in [1.54, 1.807) is 10.4 Å². The minimum absolute atomic E-state index is 0.446. The summed E-state index contributed by atoms with van der Waals surface area (Å²) < 4.78 is 32.6. The van der Waals surface area contributed by atoms with Gasteiger partial charge in [-0.2, -0.15) is 4.31 Å². The number of rotatable bonds is 2. The number of nitrogens with zero attached hydrogens (tertiary/aromatic N) is 1. The van der Waals surface area contributed by atoms with Crippen molar-refractivity contribution in [1.82, 2.24) is 4.31 Å². The van der Waals surface area contributed by atoms with Gasteiger partial charge in [0, 0.05) is 13.1 Å². The lowest BCUT2D eigenvalue weighted by molar-refractivity contribution is 0.0730. The fraction of sp³-hybridized carbons (Fsp3) is 0.375. The summed E-state index contributed by atoms with van der Waals surface area (Å²) in [5.41, 5.74) is 2.26. The molecule has 1 heterocycles. The molecule has 0 atom stereocenters. The van der Waals surface area contributed by atoms with Crippen molar-refractivity contribution in [1.29, 1.82) is 0 Å². The topological polar surface area (TPSA) is 46.6 Å². The second-order valence-electron chi connectivity index (χ2n) is 5.57. The molecule has 1 saturated heterocycles. The molecule has 0 aromatic heterocycles. The molecule has 0 spiro atoms. The molecule has 1 aliphatic carbocycles. The average molecular weight is 303 g/mol. The Labute approximate surface area is 124 Å². The van der Waals surface area contributed by atoms with Crippen LogP contribution in [-0.4, -0.2) is 39.0 Å². The van der Waals surface area contributed by atoms with Crippen LogP contribution in [0.1, 0.15) is 11.1 Å². The minimum Gasteiger partial charge on any atom is -0.379 e. The van der Waals surface area contributed by atoms with Crippen molar-refractivity contribution in [3.05, 3.63) is 41.5 Å². The molecule has 110 valence electrons. The quantitative estimate of drug-likeness (QED) is 0.852. The van der Waals surface area contributed by atoms with Crippen LogP contribution in [0.25, 0.3) is 10.8 Å². The molecule has 0 saturated carbocycles. The summed E-state index contributed by atoms with van der Waals surface area (Å²) in [6.45, 7) is 1.85. The maximum absolute atomic E-state index is 12.9. The van der Waals surface area contributed by atoms with Crippen molar-refractivity contribution < 1.29 is 13.2 Å². The van der Waals surface area contributed by atoms with E-state index in [4.69, 9.17) is 4.74 Å². The average Bonchev–Trinajstić information content (AvgIpc) is 2.94. The van der Waals surface area contributed by atoms with E-state index in [1.807, 2.05) is 12.1 Å². The zero-order valence-corrected chi connectivity index (χ0v) is 12.5. The van der Waals surface area contributed by atoms with Crippen LogP contribution in [0.4, 0.5) is 0 Å². The number of hydrogen-bond acceptors (Lipinski definition) is 3. The van der Waals surface area contributed by atoms with Crippen LogP contribution in [0.3, 0.4) is 0 Å². The van der Waals surface area contributed by atoms with Gasteiger partial charge in [-0.1, -0.05) is 24.3 Å². The number of aryl methyl sites for hydroxylation is 2. The molecular formula is C16H17NO3S. The molecule has 0 radical (unpaired) electrons. The van der Waals surface area contributed by atoms with Gasteiger partial charge in [-0.3, -0.25) is 0 Å². The van der Waals surface area contributed by atoms with Crippen molar-refractivity contribution >= 4 is 20.8 Å². The molecule has 4 rings (SSSR count). The Morgan fingerprint density at radius 3 is 2.62 bits per heavy atom. The first kappa shape index (κ1) is 13.2. The number of hydrogen-bond donors (Lipinski definition) is 0. The monoisotopic (exact) mass is 303 g/mol. The first-order valence-corrected chi connectivity index (χ1v) is 8.73. The minimum atomic E-state index is -3.41. The SMILES string of the molecule is O=S(=O)(c1ccc2cccc3c2c1CC3)N1CCOCC1. The van der Waals surface area contributed by atoms with Crippen molar-refractivity contribution in [2.24, 2.45) is 0 Å². The van der Waals surface area contributed by atoms with E-state index in [0.29, 0.717) is 31.2 Å². The third-order valence-corrected chi connectivity index (χ3v) is 6.41. The first-order chi connectivity index (χ1) is 10.2. The molecule has 2 aromatic carbocycles. The van der Waals surface area contributed by atoms with Crippen molar-refractivity contribution in [3.63, 3.8) is 0 Å². The zero-order chi connectivity index (χ0) is 14.4. The summed E-state index contributed by atoms with van der Waals surface area (Å²) in [5.74, 6) is 0. The highest BCUT2D eigenvalue weighted by atomic mass is 32.2. The van der Waals surface area contributed by atoms with Gasteiger partial charge in [0.05, 0.1) is 18.1 Å². The van der Waals surface area contributed by atoms with E-state index in [2.05, 4.69) is 12.1 Å². The highest BCUT2D eigenvalue weighted by molar-refractivity contribution is 7.89. The van der Waals surface area contributed by atoms with Gasteiger partial charge in [-0.05, 0) is 40.8 Å². The Morgan fingerprint density at radius 2 is 1.81 bits per heavy atom. The smallest absolute Gasteiger partial charge is 0.243 e. The van der Waals surface area contributed by atoms with Gasteiger partial charge in [0.1, 0.15) is 0 Å². The maximum Gasteiger partial charge on any atom is 0.243 e. The second-order valence-corrected chi connectivity index (χ2v) is 7.48. The third kappa shape index (κ3) is 1.99. The Hall–Kier alpha value is -1.43. The van der Waals surface area contributed by atoms with Gasteiger partial charge in [0.15, 0.2) is 0 Å². The summed E-state index contributed by atoms with van der Waals surface area (Å²) in [6, 6.07) is 9.91. The molecule has 2 aliphatic rings. The fourth-order valence-corrected chi connectivity index (χ4v) is 5.06. The Balaban J connectivity index is 1.89. The summed E-state index contributed by atoms with van der Waals surface area (Å²) in [4.78, 5) is 0.488. The van der Waals surface area contributed by atoms with Gasteiger partial charge < -0.3 is 4.74 Å². The predicted octanol–water partition coefficient (Wildman–Crippen LogP) is 1.96. The number of sulfonamides is 1. The lowest BCUT2D eigenvalue weighted by Crippen LogP contribution is -2.40. The van der Waals surface area contributed by atoms with Crippen molar-refractivity contribution in [3.8, 4) is 0 Å². The van der Waals surface area contributed by atoms with Crippen molar-refractivity contribution in [2.75, 3.05) is 26.3 Å². The van der Waals surface area contributed by atoms with E-state index in [-0.39, 0.29) is 0 Å². The molecular weight excluding hydrogens is 286 g/mol. The molecule has 1 fully saturated rings. The highest BCUT2D eigenvalue weighted by Gasteiger charge is 2.30. The second kappa shape index (κ2) is 4.80. The van der Waals surface area contributed by atoms with Gasteiger partial charge in [-0.25, -0.2) is 8.42 Å². The fourth-order valence-electron chi connectivity index (χ4n) is 3.40. The van der Waals surface area contributed by atoms with E-state index in [0.717, 1.165) is 29.2 Å². The molecule has 4 nitrogen and oxygen atoms in total. The molecule has 5 heteroatoms. The number of benzene rings is 2. The predicted molar refractivity (Wildman–Crippen MR) is 80.9 cm³/mol. The summed E-state index contributed by atoms with van der Waals surface area (Å²) in [5, 5.41) is 2.28. The van der Waals surface area contributed by atoms with Crippen LogP contribution >= 0.6 is 0 Å². The van der Waals surface area contributed by atoms with Crippen LogP contribution in [0, 0.1) is 0 Å². The van der Waals surface area contributed by atoms with E-state index in [1.165, 1.54) is 5.56 Å². The van der Waals surface area contributed by atoms with E-state index >= 15 is 0 Å². The lowest BCUT2D eigenvalue weighted by atomic mass is 10.1. The molecule has 0 amide bonds. The van der Waals surface area contributed by atoms with Gasteiger partial charge >= 0.3 is 0 Å². The molecule has 21 heavy (non-hydrogen) atoms. The Kier molecular flexibility index (Phi) is 3.03. The maximum atomic E-state index is 12.9. The van der Waals surface area contributed by atoms with Gasteiger partial charge in [0.25, 0.3) is 0 Å². The van der Waals surface area contributed by atoms with Gasteiger partial charge in [0.2, 0.25) is 10.0 Å². The van der Waals surface area contributed by atoms with Crippen LogP contribution in [0.15, 0.2) is 35.2 Å². The summed E-state index contributed by atoms with van der Waals surface area (Å²) in [6.07, 6.45) is 1.75. The Bertz CT molecular complexity index is 808. The standard InChI is InChI=1S/C16H17NO3S/c18-21(19,17-8-10-20-11-9-17)15-7-5-13-3-1-2-12-4-6-14(15)16(12)13/h1-3,5,7H,4,6,8-11H2.